The Bertz CT molecular complexity index is 1170. The molecule has 1 aliphatic heterocycles. The minimum atomic E-state index is -4.34. The lowest BCUT2D eigenvalue weighted by Gasteiger charge is -2.30. The van der Waals surface area contributed by atoms with Crippen LogP contribution in [0.4, 0.5) is 24.5 Å². The van der Waals surface area contributed by atoms with Crippen LogP contribution in [0, 0.1) is 11.8 Å². The zero-order valence-corrected chi connectivity index (χ0v) is 19.8. The van der Waals surface area contributed by atoms with Gasteiger partial charge < -0.3 is 20.5 Å². The Balaban J connectivity index is 1.53. The first-order valence-corrected chi connectivity index (χ1v) is 12.0. The molecule has 4 N–H and O–H groups in total. The van der Waals surface area contributed by atoms with E-state index in [2.05, 4.69) is 33.8 Å². The van der Waals surface area contributed by atoms with Gasteiger partial charge >= 0.3 is 6.18 Å². The van der Waals surface area contributed by atoms with E-state index in [1.807, 2.05) is 30.3 Å². The summed E-state index contributed by atoms with van der Waals surface area (Å²) >= 11 is 1.40. The standard InChI is InChI=1S/C25H28F3N5S/c1-32-14-11-19(12-15-32)31-23-5-2-6-24-22(23)16-20(33(24)17-25(26,27)28)4-3-13-30-34-21-9-7-18(29)8-10-21/h2,5-10,16,19,30-31H,11-15,17,29H2,1H3. The van der Waals surface area contributed by atoms with E-state index < -0.39 is 12.7 Å². The van der Waals surface area contributed by atoms with Crippen molar-refractivity contribution in [1.29, 1.82) is 0 Å². The first kappa shape index (κ1) is 24.3. The molecule has 1 saturated heterocycles. The van der Waals surface area contributed by atoms with Crippen LogP contribution in [-0.2, 0) is 6.54 Å². The van der Waals surface area contributed by atoms with E-state index in [-0.39, 0.29) is 0 Å². The minimum Gasteiger partial charge on any atom is -0.399 e. The fourth-order valence-electron chi connectivity index (χ4n) is 4.06. The summed E-state index contributed by atoms with van der Waals surface area (Å²) in [6, 6.07) is 14.9. The third kappa shape index (κ3) is 6.41. The van der Waals surface area contributed by atoms with Crippen LogP contribution in [0.15, 0.2) is 53.4 Å². The second kappa shape index (κ2) is 10.6. The Kier molecular flexibility index (Phi) is 7.61. The number of anilines is 2. The molecule has 0 unspecified atom stereocenters. The zero-order valence-electron chi connectivity index (χ0n) is 19.0. The fraction of sp³-hybridized carbons (Fsp3) is 0.360. The van der Waals surface area contributed by atoms with Gasteiger partial charge in [-0.25, -0.2) is 4.72 Å². The quantitative estimate of drug-likeness (QED) is 0.199. The Morgan fingerprint density at radius 3 is 2.56 bits per heavy atom. The number of hydrogen-bond acceptors (Lipinski definition) is 5. The number of nitrogens with two attached hydrogens (primary N) is 1. The number of rotatable bonds is 6. The van der Waals surface area contributed by atoms with Gasteiger partial charge in [0.1, 0.15) is 6.54 Å². The predicted molar refractivity (Wildman–Crippen MR) is 134 cm³/mol. The molecule has 34 heavy (non-hydrogen) atoms. The number of halogens is 3. The molecule has 0 saturated carbocycles. The highest BCUT2D eigenvalue weighted by molar-refractivity contribution is 7.97. The Labute approximate surface area is 202 Å². The van der Waals surface area contributed by atoms with E-state index in [9.17, 15) is 13.2 Å². The van der Waals surface area contributed by atoms with Crippen LogP contribution in [-0.4, -0.2) is 48.4 Å². The number of piperidine rings is 1. The fourth-order valence-corrected chi connectivity index (χ4v) is 4.65. The van der Waals surface area contributed by atoms with Gasteiger partial charge in [-0.3, -0.25) is 0 Å². The van der Waals surface area contributed by atoms with Crippen molar-refractivity contribution in [3.05, 3.63) is 54.2 Å². The van der Waals surface area contributed by atoms with Gasteiger partial charge in [-0.1, -0.05) is 12.0 Å². The third-order valence-electron chi connectivity index (χ3n) is 5.81. The summed E-state index contributed by atoms with van der Waals surface area (Å²) in [6.07, 6.45) is -2.34. The molecule has 2 aromatic carbocycles. The molecule has 3 aromatic rings. The molecule has 4 rings (SSSR count). The molecular formula is C25H28F3N5S. The highest BCUT2D eigenvalue weighted by Gasteiger charge is 2.30. The SMILES string of the molecule is CN1CCC(Nc2cccc3c2cc(C#CCNSc2ccc(N)cc2)n3CC(F)(F)F)CC1. The molecule has 0 radical (unpaired) electrons. The number of fused-ring (bicyclic) bond motifs is 1. The molecule has 1 aliphatic rings. The molecule has 0 atom stereocenters. The maximum Gasteiger partial charge on any atom is 0.406 e. The summed E-state index contributed by atoms with van der Waals surface area (Å²) in [6.45, 7) is 1.25. The summed E-state index contributed by atoms with van der Waals surface area (Å²) in [5.41, 5.74) is 8.11. The molecule has 0 amide bonds. The minimum absolute atomic E-state index is 0.303. The lowest BCUT2D eigenvalue weighted by Crippen LogP contribution is -2.36. The molecule has 5 nitrogen and oxygen atoms in total. The highest BCUT2D eigenvalue weighted by atomic mass is 32.2. The van der Waals surface area contributed by atoms with Crippen molar-refractivity contribution in [1.82, 2.24) is 14.2 Å². The zero-order chi connectivity index (χ0) is 24.1. The lowest BCUT2D eigenvalue weighted by atomic mass is 10.0. The van der Waals surface area contributed by atoms with Gasteiger partial charge in [0.05, 0.1) is 17.8 Å². The van der Waals surface area contributed by atoms with E-state index in [0.717, 1.165) is 41.9 Å². The maximum atomic E-state index is 13.4. The smallest absolute Gasteiger partial charge is 0.399 e. The first-order chi connectivity index (χ1) is 16.3. The van der Waals surface area contributed by atoms with E-state index in [1.54, 1.807) is 18.2 Å². The largest absolute Gasteiger partial charge is 0.406 e. The highest BCUT2D eigenvalue weighted by Crippen LogP contribution is 2.31. The first-order valence-electron chi connectivity index (χ1n) is 11.2. The normalized spacial score (nSPS) is 15.3. The van der Waals surface area contributed by atoms with Crippen LogP contribution in [0.2, 0.25) is 0 Å². The van der Waals surface area contributed by atoms with Crippen molar-refractivity contribution in [2.24, 2.45) is 0 Å². The second-order valence-corrected chi connectivity index (χ2v) is 9.45. The van der Waals surface area contributed by atoms with Gasteiger partial charge in [-0.15, -0.1) is 0 Å². The van der Waals surface area contributed by atoms with Crippen molar-refractivity contribution in [3.8, 4) is 11.8 Å². The van der Waals surface area contributed by atoms with Crippen LogP contribution in [0.1, 0.15) is 18.5 Å². The van der Waals surface area contributed by atoms with E-state index >= 15 is 0 Å². The Morgan fingerprint density at radius 2 is 1.85 bits per heavy atom. The van der Waals surface area contributed by atoms with Crippen LogP contribution < -0.4 is 15.8 Å². The maximum absolute atomic E-state index is 13.4. The van der Waals surface area contributed by atoms with E-state index in [4.69, 9.17) is 5.73 Å². The summed E-state index contributed by atoms with van der Waals surface area (Å²) in [5, 5.41) is 4.32. The number of hydrogen-bond donors (Lipinski definition) is 3. The molecule has 0 bridgehead atoms. The molecule has 1 aromatic heterocycles. The van der Waals surface area contributed by atoms with Gasteiger partial charge in [-0.05, 0) is 93.3 Å². The van der Waals surface area contributed by atoms with Crippen molar-refractivity contribution in [3.63, 3.8) is 0 Å². The van der Waals surface area contributed by atoms with Gasteiger partial charge in [0, 0.05) is 27.7 Å². The van der Waals surface area contributed by atoms with Gasteiger partial charge in [-0.2, -0.15) is 13.2 Å². The number of benzene rings is 2. The molecular weight excluding hydrogens is 459 g/mol. The Hall–Kier alpha value is -2.80. The summed E-state index contributed by atoms with van der Waals surface area (Å²) < 4.78 is 44.5. The summed E-state index contributed by atoms with van der Waals surface area (Å²) in [7, 11) is 2.10. The number of aromatic nitrogens is 1. The average Bonchev–Trinajstić information content (AvgIpc) is 3.13. The average molecular weight is 488 g/mol. The number of likely N-dealkylation sites (tertiary alicyclic amines) is 1. The second-order valence-electron chi connectivity index (χ2n) is 8.49. The van der Waals surface area contributed by atoms with Crippen molar-refractivity contribution in [2.45, 2.75) is 36.5 Å². The van der Waals surface area contributed by atoms with Crippen LogP contribution in [0.25, 0.3) is 10.9 Å². The Morgan fingerprint density at radius 1 is 1.12 bits per heavy atom. The topological polar surface area (TPSA) is 58.2 Å². The molecule has 0 aliphatic carbocycles. The van der Waals surface area contributed by atoms with E-state index in [0.29, 0.717) is 29.5 Å². The van der Waals surface area contributed by atoms with Crippen molar-refractivity contribution in [2.75, 3.05) is 37.7 Å². The third-order valence-corrected chi connectivity index (χ3v) is 6.61. The van der Waals surface area contributed by atoms with Crippen LogP contribution in [0.5, 0.6) is 0 Å². The number of alkyl halides is 3. The monoisotopic (exact) mass is 487 g/mol. The van der Waals surface area contributed by atoms with E-state index in [1.165, 1.54) is 16.5 Å². The molecule has 180 valence electrons. The van der Waals surface area contributed by atoms with Gasteiger partial charge in [0.15, 0.2) is 0 Å². The van der Waals surface area contributed by atoms with Crippen molar-refractivity contribution < 1.29 is 13.2 Å². The number of nitrogens with one attached hydrogen (secondary N) is 2. The number of nitrogens with zero attached hydrogens (tertiary/aromatic N) is 2. The molecule has 9 heteroatoms. The molecule has 2 heterocycles. The summed E-state index contributed by atoms with van der Waals surface area (Å²) in [5.74, 6) is 5.90. The summed E-state index contributed by atoms with van der Waals surface area (Å²) in [4.78, 5) is 3.26. The molecule has 1 fully saturated rings. The lowest BCUT2D eigenvalue weighted by molar-refractivity contribution is -0.140. The predicted octanol–water partition coefficient (Wildman–Crippen LogP) is 4.94. The van der Waals surface area contributed by atoms with Crippen LogP contribution >= 0.6 is 11.9 Å². The van der Waals surface area contributed by atoms with Gasteiger partial charge in [0.2, 0.25) is 0 Å². The number of nitrogen functional groups attached to an aromatic ring is 1. The van der Waals surface area contributed by atoms with Crippen LogP contribution in [0.3, 0.4) is 0 Å². The van der Waals surface area contributed by atoms with Crippen molar-refractivity contribution >= 4 is 34.2 Å². The molecule has 0 spiro atoms. The van der Waals surface area contributed by atoms with Gasteiger partial charge in [0.25, 0.3) is 0 Å².